The predicted octanol–water partition coefficient (Wildman–Crippen LogP) is 2.67. The molecule has 1 aliphatic carbocycles. The van der Waals surface area contributed by atoms with Gasteiger partial charge in [0.1, 0.15) is 0 Å². The molecule has 7 heteroatoms. The number of aryl methyl sites for hydroxylation is 1. The summed E-state index contributed by atoms with van der Waals surface area (Å²) in [6.45, 7) is 4.04. The third-order valence-electron chi connectivity index (χ3n) is 4.36. The zero-order valence-corrected chi connectivity index (χ0v) is 13.9. The number of aromatic nitrogens is 2. The summed E-state index contributed by atoms with van der Waals surface area (Å²) in [6.07, 6.45) is 4.21. The minimum Gasteiger partial charge on any atom is -0.346 e. The Hall–Kier alpha value is -1.73. The molecule has 1 N–H and O–H groups in total. The van der Waals surface area contributed by atoms with Gasteiger partial charge in [0.15, 0.2) is 0 Å². The smallest absolute Gasteiger partial charge is 0.292 e. The summed E-state index contributed by atoms with van der Waals surface area (Å²) in [5, 5.41) is 6.76. The van der Waals surface area contributed by atoms with Gasteiger partial charge < -0.3 is 9.84 Å². The Morgan fingerprint density at radius 2 is 2.30 bits per heavy atom. The van der Waals surface area contributed by atoms with E-state index in [2.05, 4.69) is 39.4 Å². The highest BCUT2D eigenvalue weighted by Crippen LogP contribution is 2.33. The van der Waals surface area contributed by atoms with Crippen molar-refractivity contribution in [2.75, 3.05) is 6.54 Å². The summed E-state index contributed by atoms with van der Waals surface area (Å²) in [7, 11) is 0. The van der Waals surface area contributed by atoms with Crippen LogP contribution in [-0.2, 0) is 6.54 Å². The molecule has 0 unspecified atom stereocenters. The number of hydrogen-bond donors (Lipinski definition) is 1. The molecule has 4 rings (SSSR count). The monoisotopic (exact) mass is 332 g/mol. The van der Waals surface area contributed by atoms with E-state index in [-0.39, 0.29) is 17.8 Å². The van der Waals surface area contributed by atoms with E-state index in [9.17, 15) is 4.79 Å². The molecule has 2 fully saturated rings. The van der Waals surface area contributed by atoms with Gasteiger partial charge in [0, 0.05) is 22.3 Å². The Labute approximate surface area is 138 Å². The third kappa shape index (κ3) is 3.30. The summed E-state index contributed by atoms with van der Waals surface area (Å²) in [5.41, 5.74) is 0. The molecule has 0 spiro atoms. The highest BCUT2D eigenvalue weighted by atomic mass is 32.1. The first-order valence-electron chi connectivity index (χ1n) is 8.13. The van der Waals surface area contributed by atoms with E-state index >= 15 is 0 Å². The number of carbonyl (C=O) groups is 1. The van der Waals surface area contributed by atoms with Gasteiger partial charge in [0.25, 0.3) is 11.7 Å². The van der Waals surface area contributed by atoms with Crippen LogP contribution >= 0.6 is 11.3 Å². The second-order valence-corrected chi connectivity index (χ2v) is 7.72. The van der Waals surface area contributed by atoms with Crippen LogP contribution in [0.3, 0.4) is 0 Å². The number of hydrogen-bond acceptors (Lipinski definition) is 6. The van der Waals surface area contributed by atoms with Crippen molar-refractivity contribution in [1.29, 1.82) is 0 Å². The molecule has 2 aromatic heterocycles. The maximum absolute atomic E-state index is 12.0. The summed E-state index contributed by atoms with van der Waals surface area (Å²) in [5.74, 6) is 0.503. The normalized spacial score (nSPS) is 21.7. The Balaban J connectivity index is 1.45. The lowest BCUT2D eigenvalue weighted by Crippen LogP contribution is -2.26. The number of nitrogens with zero attached hydrogens (tertiary/aromatic N) is 3. The van der Waals surface area contributed by atoms with Crippen LogP contribution in [0.1, 0.15) is 58.0 Å². The van der Waals surface area contributed by atoms with Crippen LogP contribution in [0.25, 0.3) is 0 Å². The molecule has 0 radical (unpaired) electrons. The zero-order valence-electron chi connectivity index (χ0n) is 13.1. The van der Waals surface area contributed by atoms with Gasteiger partial charge in [0.2, 0.25) is 5.89 Å². The van der Waals surface area contributed by atoms with Crippen LogP contribution in [0.4, 0.5) is 0 Å². The summed E-state index contributed by atoms with van der Waals surface area (Å²) in [4.78, 5) is 21.4. The SMILES string of the molecule is Cc1ccc(CN2CCC[C@H]2c2nc(C(=O)NC3CC3)no2)s1. The predicted molar refractivity (Wildman–Crippen MR) is 86.2 cm³/mol. The van der Waals surface area contributed by atoms with Crippen LogP contribution in [-0.4, -0.2) is 33.5 Å². The van der Waals surface area contributed by atoms with Crippen molar-refractivity contribution >= 4 is 17.2 Å². The maximum atomic E-state index is 12.0. The van der Waals surface area contributed by atoms with Gasteiger partial charge in [-0.3, -0.25) is 9.69 Å². The van der Waals surface area contributed by atoms with Crippen LogP contribution in [0.15, 0.2) is 16.7 Å². The van der Waals surface area contributed by atoms with E-state index in [1.165, 1.54) is 9.75 Å². The summed E-state index contributed by atoms with van der Waals surface area (Å²) >= 11 is 1.82. The first-order valence-corrected chi connectivity index (χ1v) is 8.94. The van der Waals surface area contributed by atoms with Gasteiger partial charge in [-0.05, 0) is 51.3 Å². The first kappa shape index (κ1) is 14.8. The van der Waals surface area contributed by atoms with Crippen LogP contribution < -0.4 is 5.32 Å². The molecule has 1 atom stereocenters. The number of likely N-dealkylation sites (tertiary alicyclic amines) is 1. The molecule has 1 amide bonds. The molecule has 0 bridgehead atoms. The highest BCUT2D eigenvalue weighted by Gasteiger charge is 2.32. The van der Waals surface area contributed by atoms with Crippen molar-refractivity contribution in [3.05, 3.63) is 33.6 Å². The van der Waals surface area contributed by atoms with E-state index in [0.717, 1.165) is 38.8 Å². The molecule has 0 aromatic carbocycles. The lowest BCUT2D eigenvalue weighted by Gasteiger charge is -2.20. The van der Waals surface area contributed by atoms with Crippen molar-refractivity contribution in [3.63, 3.8) is 0 Å². The number of rotatable bonds is 5. The van der Waals surface area contributed by atoms with E-state index in [1.54, 1.807) is 0 Å². The number of thiophene rings is 1. The van der Waals surface area contributed by atoms with Gasteiger partial charge in [-0.15, -0.1) is 11.3 Å². The maximum Gasteiger partial charge on any atom is 0.292 e. The molecule has 2 aromatic rings. The highest BCUT2D eigenvalue weighted by molar-refractivity contribution is 7.11. The van der Waals surface area contributed by atoms with Crippen LogP contribution in [0.2, 0.25) is 0 Å². The fourth-order valence-electron chi connectivity index (χ4n) is 3.01. The number of amides is 1. The van der Waals surface area contributed by atoms with Crippen molar-refractivity contribution in [3.8, 4) is 0 Å². The lowest BCUT2D eigenvalue weighted by molar-refractivity contribution is 0.0937. The summed E-state index contributed by atoms with van der Waals surface area (Å²) in [6, 6.07) is 4.75. The van der Waals surface area contributed by atoms with E-state index in [4.69, 9.17) is 4.52 Å². The number of nitrogens with one attached hydrogen (secondary N) is 1. The van der Waals surface area contributed by atoms with Crippen molar-refractivity contribution < 1.29 is 9.32 Å². The second-order valence-electron chi connectivity index (χ2n) is 6.34. The minimum absolute atomic E-state index is 0.118. The first-order chi connectivity index (χ1) is 11.2. The fraction of sp³-hybridized carbons (Fsp3) is 0.562. The van der Waals surface area contributed by atoms with Crippen LogP contribution in [0, 0.1) is 6.92 Å². The molecule has 3 heterocycles. The minimum atomic E-state index is -0.221. The Bertz CT molecular complexity index is 707. The molecule has 23 heavy (non-hydrogen) atoms. The number of carbonyl (C=O) groups excluding carboxylic acids is 1. The van der Waals surface area contributed by atoms with Crippen LogP contribution in [0.5, 0.6) is 0 Å². The van der Waals surface area contributed by atoms with Crippen molar-refractivity contribution in [2.45, 2.75) is 51.2 Å². The standard InChI is InChI=1S/C16H20N4O2S/c1-10-4-7-12(23-10)9-20-8-2-3-13(20)16-18-14(19-22-16)15(21)17-11-5-6-11/h4,7,11,13H,2-3,5-6,8-9H2,1H3,(H,17,21)/t13-/m0/s1. The molecular weight excluding hydrogens is 312 g/mol. The van der Waals surface area contributed by atoms with Gasteiger partial charge >= 0.3 is 0 Å². The second kappa shape index (κ2) is 6.05. The molecule has 2 aliphatic rings. The van der Waals surface area contributed by atoms with E-state index < -0.39 is 0 Å². The largest absolute Gasteiger partial charge is 0.346 e. The van der Waals surface area contributed by atoms with Gasteiger partial charge in [-0.1, -0.05) is 5.16 Å². The fourth-order valence-corrected chi connectivity index (χ4v) is 3.92. The average molecular weight is 332 g/mol. The van der Waals surface area contributed by atoms with E-state index in [0.29, 0.717) is 11.9 Å². The third-order valence-corrected chi connectivity index (χ3v) is 5.35. The van der Waals surface area contributed by atoms with Gasteiger partial charge in [-0.2, -0.15) is 4.98 Å². The molecule has 122 valence electrons. The molecule has 1 saturated heterocycles. The Morgan fingerprint density at radius 1 is 1.43 bits per heavy atom. The Kier molecular flexibility index (Phi) is 3.90. The molecule has 1 aliphatic heterocycles. The molecular formula is C16H20N4O2S. The van der Waals surface area contributed by atoms with Crippen molar-refractivity contribution in [1.82, 2.24) is 20.4 Å². The van der Waals surface area contributed by atoms with E-state index in [1.807, 2.05) is 11.3 Å². The summed E-state index contributed by atoms with van der Waals surface area (Å²) < 4.78 is 5.38. The van der Waals surface area contributed by atoms with Gasteiger partial charge in [-0.25, -0.2) is 0 Å². The molecule has 1 saturated carbocycles. The van der Waals surface area contributed by atoms with Crippen molar-refractivity contribution in [2.24, 2.45) is 0 Å². The molecule has 6 nitrogen and oxygen atoms in total. The quantitative estimate of drug-likeness (QED) is 0.911. The van der Waals surface area contributed by atoms with Gasteiger partial charge in [0.05, 0.1) is 6.04 Å². The average Bonchev–Trinajstić information content (AvgIpc) is 2.96. The Morgan fingerprint density at radius 3 is 3.04 bits per heavy atom. The zero-order chi connectivity index (χ0) is 15.8. The topological polar surface area (TPSA) is 71.3 Å². The lowest BCUT2D eigenvalue weighted by atomic mass is 10.2.